The molecule has 4 heteroatoms. The van der Waals surface area contributed by atoms with Gasteiger partial charge >= 0.3 is 0 Å². The molecule has 2 aliphatic carbocycles. The number of thiophene rings is 1. The zero-order valence-electron chi connectivity index (χ0n) is 40.6. The van der Waals surface area contributed by atoms with Crippen LogP contribution in [0.25, 0.3) is 43.5 Å². The standard InChI is InChI=1S/C66H53BN2S/c1-39(2)42-30-33-45(34-31-42)68-58-28-17-29-59-63(58)67(57-35-32-43(36-60(57)68)62-46(40(3)4)23-16-24-47(62)41(5)6)65-64(69(59)44-18-8-7-9-19-44)52-37-51-50-22-12-15-27-55(50)66(56(51)38-61(52)70-65)53-25-13-10-20-48(53)49-21-11-14-26-54(49)66/h7-41H,1-6H3. The molecule has 0 unspecified atom stereocenters. The monoisotopic (exact) mass is 916 g/mol. The number of benzene rings is 9. The predicted octanol–water partition coefficient (Wildman–Crippen LogP) is 16.4. The Labute approximate surface area is 416 Å². The van der Waals surface area contributed by atoms with Gasteiger partial charge in [-0.1, -0.05) is 181 Å². The van der Waals surface area contributed by atoms with E-state index in [1.165, 1.54) is 132 Å². The van der Waals surface area contributed by atoms with Crippen LogP contribution in [0.2, 0.25) is 0 Å². The molecule has 3 heterocycles. The maximum Gasteiger partial charge on any atom is 0.264 e. The summed E-state index contributed by atoms with van der Waals surface area (Å²) >= 11 is 2.01. The first kappa shape index (κ1) is 41.6. The van der Waals surface area contributed by atoms with Crippen molar-refractivity contribution in [2.75, 3.05) is 9.80 Å². The van der Waals surface area contributed by atoms with Crippen LogP contribution >= 0.6 is 11.3 Å². The molecule has 10 aromatic rings. The lowest BCUT2D eigenvalue weighted by molar-refractivity contribution is 0.795. The second kappa shape index (κ2) is 15.3. The second-order valence-electron chi connectivity index (χ2n) is 20.9. The fourth-order valence-electron chi connectivity index (χ4n) is 13.2. The second-order valence-corrected chi connectivity index (χ2v) is 22.0. The molecule has 0 atom stereocenters. The van der Waals surface area contributed by atoms with E-state index >= 15 is 0 Å². The molecule has 9 aromatic carbocycles. The van der Waals surface area contributed by atoms with Crippen LogP contribution in [0.1, 0.15) is 98.2 Å². The number of fused-ring (bicyclic) bond motifs is 16. The SMILES string of the molecule is CC(C)c1ccc(N2c3cc(-c4c(C(C)C)cccc4C(C)C)ccc3B3c4sc5cc6c(cc5c4N(c4ccccc4)c4cccc2c43)-c2ccccc2C62c3ccccc3-c3ccccc32)cc1. The summed E-state index contributed by atoms with van der Waals surface area (Å²) < 4.78 is 2.72. The van der Waals surface area contributed by atoms with Gasteiger partial charge in [0.2, 0.25) is 0 Å². The minimum Gasteiger partial charge on any atom is -0.311 e. The van der Waals surface area contributed by atoms with E-state index in [2.05, 4.69) is 245 Å². The number of hydrogen-bond donors (Lipinski definition) is 0. The van der Waals surface area contributed by atoms with Gasteiger partial charge in [0.15, 0.2) is 0 Å². The fraction of sp³-hybridized carbons (Fsp3) is 0.152. The van der Waals surface area contributed by atoms with Gasteiger partial charge in [-0.25, -0.2) is 0 Å². The first-order valence-corrected chi connectivity index (χ1v) is 26.1. The van der Waals surface area contributed by atoms with E-state index in [0.29, 0.717) is 17.8 Å². The predicted molar refractivity (Wildman–Crippen MR) is 300 cm³/mol. The Morgan fingerprint density at radius 1 is 0.443 bits per heavy atom. The van der Waals surface area contributed by atoms with Crippen molar-refractivity contribution < 1.29 is 0 Å². The Hall–Kier alpha value is -7.40. The van der Waals surface area contributed by atoms with Crippen LogP contribution in [-0.2, 0) is 5.41 Å². The molecule has 0 radical (unpaired) electrons. The summed E-state index contributed by atoms with van der Waals surface area (Å²) in [5.41, 5.74) is 27.3. The quantitative estimate of drug-likeness (QED) is 0.153. The zero-order chi connectivity index (χ0) is 47.2. The smallest absolute Gasteiger partial charge is 0.264 e. The molecule has 1 aromatic heterocycles. The first-order chi connectivity index (χ1) is 34.2. The van der Waals surface area contributed by atoms with Crippen molar-refractivity contribution in [1.29, 1.82) is 0 Å². The highest BCUT2D eigenvalue weighted by Gasteiger charge is 2.52. The number of hydrogen-bond acceptors (Lipinski definition) is 3. The largest absolute Gasteiger partial charge is 0.311 e. The highest BCUT2D eigenvalue weighted by Crippen LogP contribution is 2.64. The van der Waals surface area contributed by atoms with Gasteiger partial charge in [-0.15, -0.1) is 11.3 Å². The number of rotatable bonds is 6. The highest BCUT2D eigenvalue weighted by molar-refractivity contribution is 7.33. The van der Waals surface area contributed by atoms with Gasteiger partial charge in [-0.2, -0.15) is 0 Å². The van der Waals surface area contributed by atoms with Crippen molar-refractivity contribution in [1.82, 2.24) is 0 Å². The number of nitrogens with zero attached hydrogens (tertiary/aromatic N) is 2. The topological polar surface area (TPSA) is 6.48 Å². The van der Waals surface area contributed by atoms with Gasteiger partial charge in [0.25, 0.3) is 6.71 Å². The first-order valence-electron chi connectivity index (χ1n) is 25.3. The normalized spacial score (nSPS) is 14.3. The van der Waals surface area contributed by atoms with Crippen molar-refractivity contribution in [2.45, 2.75) is 64.7 Å². The molecule has 4 aliphatic rings. The van der Waals surface area contributed by atoms with Crippen LogP contribution in [0.5, 0.6) is 0 Å². The maximum absolute atomic E-state index is 2.60. The summed E-state index contributed by atoms with van der Waals surface area (Å²) in [5, 5.41) is 1.31. The fourth-order valence-corrected chi connectivity index (χ4v) is 14.5. The molecular formula is C66H53BN2S. The molecule has 70 heavy (non-hydrogen) atoms. The molecule has 2 aliphatic heterocycles. The Bertz CT molecular complexity index is 3710. The molecule has 14 rings (SSSR count). The molecule has 0 saturated carbocycles. The van der Waals surface area contributed by atoms with Crippen molar-refractivity contribution in [3.05, 3.63) is 233 Å². The average Bonchev–Trinajstić information content (AvgIpc) is 4.01. The van der Waals surface area contributed by atoms with E-state index in [1.807, 2.05) is 11.3 Å². The molecule has 336 valence electrons. The molecule has 0 bridgehead atoms. The summed E-state index contributed by atoms with van der Waals surface area (Å²) in [7, 11) is 0. The van der Waals surface area contributed by atoms with Crippen LogP contribution in [0.4, 0.5) is 34.1 Å². The van der Waals surface area contributed by atoms with E-state index in [1.54, 1.807) is 0 Å². The minimum absolute atomic E-state index is 0.0164. The molecular weight excluding hydrogens is 864 g/mol. The third-order valence-corrected chi connectivity index (χ3v) is 17.4. The van der Waals surface area contributed by atoms with E-state index in [-0.39, 0.29) is 6.71 Å². The lowest BCUT2D eigenvalue weighted by Crippen LogP contribution is -2.60. The molecule has 0 fully saturated rings. The summed E-state index contributed by atoms with van der Waals surface area (Å²) in [6.07, 6.45) is 0. The van der Waals surface area contributed by atoms with Crippen molar-refractivity contribution in [3.63, 3.8) is 0 Å². The minimum atomic E-state index is -0.409. The number of para-hydroxylation sites is 1. The Kier molecular flexibility index (Phi) is 9.09. The van der Waals surface area contributed by atoms with Crippen molar-refractivity contribution >= 4 is 78.0 Å². The summed E-state index contributed by atoms with van der Waals surface area (Å²) in [4.78, 5) is 5.18. The van der Waals surface area contributed by atoms with Crippen LogP contribution in [-0.4, -0.2) is 6.71 Å². The van der Waals surface area contributed by atoms with Crippen molar-refractivity contribution in [2.24, 2.45) is 0 Å². The number of anilines is 6. The summed E-state index contributed by atoms with van der Waals surface area (Å²) in [6, 6.07) is 74.7. The molecule has 1 spiro atoms. The van der Waals surface area contributed by atoms with Crippen LogP contribution in [0.15, 0.2) is 194 Å². The van der Waals surface area contributed by atoms with Gasteiger partial charge in [-0.3, -0.25) is 0 Å². The highest BCUT2D eigenvalue weighted by atomic mass is 32.1. The van der Waals surface area contributed by atoms with Crippen molar-refractivity contribution in [3.8, 4) is 33.4 Å². The Morgan fingerprint density at radius 2 is 1.00 bits per heavy atom. The van der Waals surface area contributed by atoms with Gasteiger partial charge in [-0.05, 0) is 156 Å². The lowest BCUT2D eigenvalue weighted by Gasteiger charge is -2.43. The Morgan fingerprint density at radius 3 is 1.61 bits per heavy atom. The molecule has 0 saturated heterocycles. The Balaban J connectivity index is 1.07. The molecule has 2 nitrogen and oxygen atoms in total. The third kappa shape index (κ3) is 5.57. The van der Waals surface area contributed by atoms with Gasteiger partial charge in [0.1, 0.15) is 0 Å². The van der Waals surface area contributed by atoms with E-state index in [9.17, 15) is 0 Å². The zero-order valence-corrected chi connectivity index (χ0v) is 41.4. The average molecular weight is 917 g/mol. The van der Waals surface area contributed by atoms with E-state index < -0.39 is 5.41 Å². The summed E-state index contributed by atoms with van der Waals surface area (Å²) in [5.74, 6) is 1.21. The van der Waals surface area contributed by atoms with Crippen LogP contribution < -0.4 is 25.5 Å². The lowest BCUT2D eigenvalue weighted by atomic mass is 9.36. The molecule has 0 amide bonds. The van der Waals surface area contributed by atoms with Crippen LogP contribution in [0.3, 0.4) is 0 Å². The van der Waals surface area contributed by atoms with Gasteiger partial charge in [0.05, 0.1) is 11.1 Å². The summed E-state index contributed by atoms with van der Waals surface area (Å²) in [6.45, 7) is 13.9. The molecule has 0 N–H and O–H groups in total. The van der Waals surface area contributed by atoms with E-state index in [4.69, 9.17) is 0 Å². The maximum atomic E-state index is 2.60. The third-order valence-electron chi connectivity index (χ3n) is 16.2. The van der Waals surface area contributed by atoms with Gasteiger partial charge < -0.3 is 9.80 Å². The van der Waals surface area contributed by atoms with Crippen LogP contribution in [0, 0.1) is 0 Å². The van der Waals surface area contributed by atoms with Gasteiger partial charge in [0, 0.05) is 43.3 Å². The van der Waals surface area contributed by atoms with E-state index in [0.717, 1.165) is 0 Å².